The number of amides is 2. The Hall–Kier alpha value is -3.31. The van der Waals surface area contributed by atoms with Gasteiger partial charge in [-0.05, 0) is 12.5 Å². The lowest BCUT2D eigenvalue weighted by atomic mass is 10.1. The number of urea groups is 1. The highest BCUT2D eigenvalue weighted by molar-refractivity contribution is 5.87. The van der Waals surface area contributed by atoms with E-state index >= 15 is 0 Å². The lowest BCUT2D eigenvalue weighted by molar-refractivity contribution is -0.152. The molecule has 2 aliphatic rings. The Morgan fingerprint density at radius 1 is 1.41 bits per heavy atom. The number of hydrogen-bond donors (Lipinski definition) is 1. The number of carbonyl (C=O) groups excluding carboxylic acids is 2. The number of likely N-dealkylation sites (N-methyl/N-ethyl adjacent to an activating group) is 2. The lowest BCUT2D eigenvalue weighted by Crippen LogP contribution is -2.39. The molecule has 4 unspecified atom stereocenters. The second-order valence-corrected chi connectivity index (χ2v) is 7.04. The summed E-state index contributed by atoms with van der Waals surface area (Å²) in [7, 11) is 3.09. The molecule has 0 radical (unpaired) electrons. The van der Waals surface area contributed by atoms with Crippen molar-refractivity contribution in [3.05, 3.63) is 43.0 Å². The molecule has 2 fully saturated rings. The summed E-state index contributed by atoms with van der Waals surface area (Å²) in [5, 5.41) is 3.67. The van der Waals surface area contributed by atoms with Crippen LogP contribution in [0, 0.1) is 6.92 Å². The Bertz CT molecular complexity index is 981. The largest absolute Gasteiger partial charge is 0.461 e. The molecule has 0 spiro atoms. The molecular weight excluding hydrogens is 386 g/mol. The molecule has 2 aliphatic heterocycles. The van der Waals surface area contributed by atoms with Crippen LogP contribution in [0.25, 0.3) is 10.4 Å². The predicted molar refractivity (Wildman–Crippen MR) is 98.1 cm³/mol. The molecule has 1 aromatic heterocycles. The van der Waals surface area contributed by atoms with E-state index in [0.29, 0.717) is 5.56 Å². The standard InChI is InChI=1S/C16H21N7O6/c1-8-5-23(15(26)18-13(8)24)12-4-9(19-20-17)11(29-12)7-28-14(25)10-6-21(2)16(27)22(10)3/h5,9-12H,4,6-7H2,1-3H3,(H,18,24,26). The SMILES string of the molecule is Cc1cn(C2CC(N=[N+]=[N-])C(COC(=O)C3CN(C)C(=O)N3C)O2)c(=O)[nH]c1=O. The van der Waals surface area contributed by atoms with Crippen molar-refractivity contribution < 1.29 is 19.1 Å². The molecule has 0 aromatic carbocycles. The molecule has 2 amide bonds. The van der Waals surface area contributed by atoms with Gasteiger partial charge in [-0.25, -0.2) is 14.4 Å². The number of carbonyl (C=O) groups is 2. The van der Waals surface area contributed by atoms with E-state index < -0.39 is 41.6 Å². The number of nitrogens with zero attached hydrogens (tertiary/aromatic N) is 6. The van der Waals surface area contributed by atoms with E-state index in [-0.39, 0.29) is 25.6 Å². The monoisotopic (exact) mass is 407 g/mol. The number of nitrogens with one attached hydrogen (secondary N) is 1. The summed E-state index contributed by atoms with van der Waals surface area (Å²) >= 11 is 0. The van der Waals surface area contributed by atoms with Gasteiger partial charge in [-0.2, -0.15) is 0 Å². The van der Waals surface area contributed by atoms with Crippen LogP contribution in [0.15, 0.2) is 20.9 Å². The first-order valence-corrected chi connectivity index (χ1v) is 8.89. The van der Waals surface area contributed by atoms with Crippen molar-refractivity contribution >= 4 is 12.0 Å². The third-order valence-electron chi connectivity index (χ3n) is 5.06. The quantitative estimate of drug-likeness (QED) is 0.305. The van der Waals surface area contributed by atoms with Gasteiger partial charge in [0.1, 0.15) is 25.0 Å². The van der Waals surface area contributed by atoms with Gasteiger partial charge in [-0.1, -0.05) is 5.11 Å². The van der Waals surface area contributed by atoms with E-state index in [4.69, 9.17) is 15.0 Å². The lowest BCUT2D eigenvalue weighted by Gasteiger charge is -2.20. The van der Waals surface area contributed by atoms with Gasteiger partial charge in [-0.3, -0.25) is 14.3 Å². The fraction of sp³-hybridized carbons (Fsp3) is 0.625. The molecule has 2 saturated heterocycles. The van der Waals surface area contributed by atoms with E-state index in [1.54, 1.807) is 14.0 Å². The minimum absolute atomic E-state index is 0.169. The number of aromatic amines is 1. The summed E-state index contributed by atoms with van der Waals surface area (Å²) in [6.07, 6.45) is -0.0388. The van der Waals surface area contributed by atoms with Gasteiger partial charge in [0.25, 0.3) is 5.56 Å². The maximum atomic E-state index is 12.4. The molecular formula is C16H21N7O6. The normalized spacial score (nSPS) is 26.5. The van der Waals surface area contributed by atoms with Gasteiger partial charge in [-0.15, -0.1) is 0 Å². The topological polar surface area (TPSA) is 163 Å². The summed E-state index contributed by atoms with van der Waals surface area (Å²) in [5.74, 6) is -0.603. The van der Waals surface area contributed by atoms with Gasteiger partial charge in [0, 0.05) is 37.2 Å². The van der Waals surface area contributed by atoms with Crippen LogP contribution in [0.2, 0.25) is 0 Å². The van der Waals surface area contributed by atoms with Crippen LogP contribution in [-0.2, 0) is 14.3 Å². The second-order valence-electron chi connectivity index (χ2n) is 7.04. The average Bonchev–Trinajstić information content (AvgIpc) is 3.19. The van der Waals surface area contributed by atoms with Crippen LogP contribution in [0.1, 0.15) is 18.2 Å². The van der Waals surface area contributed by atoms with Crippen LogP contribution in [-0.4, -0.2) is 76.8 Å². The fourth-order valence-corrected chi connectivity index (χ4v) is 3.38. The second kappa shape index (κ2) is 7.97. The van der Waals surface area contributed by atoms with Crippen molar-refractivity contribution in [2.75, 3.05) is 27.2 Å². The molecule has 0 bridgehead atoms. The number of hydrogen-bond acceptors (Lipinski definition) is 7. The van der Waals surface area contributed by atoms with E-state index in [1.807, 2.05) is 0 Å². The molecule has 3 heterocycles. The van der Waals surface area contributed by atoms with E-state index in [1.165, 1.54) is 27.6 Å². The predicted octanol–water partition coefficient (Wildman–Crippen LogP) is -0.280. The minimum atomic E-state index is -0.792. The molecule has 13 nitrogen and oxygen atoms in total. The maximum Gasteiger partial charge on any atom is 0.330 e. The van der Waals surface area contributed by atoms with Gasteiger partial charge in [0.2, 0.25) is 0 Å². The molecule has 13 heteroatoms. The molecule has 156 valence electrons. The first-order chi connectivity index (χ1) is 13.7. The fourth-order valence-electron chi connectivity index (χ4n) is 3.38. The summed E-state index contributed by atoms with van der Waals surface area (Å²) < 4.78 is 12.3. The van der Waals surface area contributed by atoms with Crippen molar-refractivity contribution in [2.24, 2.45) is 5.11 Å². The number of esters is 1. The van der Waals surface area contributed by atoms with Crippen molar-refractivity contribution in [3.63, 3.8) is 0 Å². The number of ether oxygens (including phenoxy) is 2. The molecule has 1 N–H and O–H groups in total. The van der Waals surface area contributed by atoms with Crippen LogP contribution in [0.4, 0.5) is 4.79 Å². The first-order valence-electron chi connectivity index (χ1n) is 8.89. The van der Waals surface area contributed by atoms with Crippen LogP contribution >= 0.6 is 0 Å². The third kappa shape index (κ3) is 3.96. The number of rotatable bonds is 5. The number of aromatic nitrogens is 2. The van der Waals surface area contributed by atoms with Gasteiger partial charge >= 0.3 is 17.7 Å². The number of azide groups is 1. The van der Waals surface area contributed by atoms with Crippen molar-refractivity contribution in [3.8, 4) is 0 Å². The molecule has 3 rings (SSSR count). The molecule has 0 aliphatic carbocycles. The van der Waals surface area contributed by atoms with Gasteiger partial charge in [0.15, 0.2) is 0 Å². The zero-order valence-electron chi connectivity index (χ0n) is 16.1. The van der Waals surface area contributed by atoms with Crippen molar-refractivity contribution in [2.45, 2.75) is 37.8 Å². The van der Waals surface area contributed by atoms with Gasteiger partial charge < -0.3 is 19.3 Å². The highest BCUT2D eigenvalue weighted by Crippen LogP contribution is 2.30. The van der Waals surface area contributed by atoms with Crippen LogP contribution < -0.4 is 11.2 Å². The molecule has 4 atom stereocenters. The Balaban J connectivity index is 1.70. The zero-order valence-corrected chi connectivity index (χ0v) is 16.1. The highest BCUT2D eigenvalue weighted by Gasteiger charge is 2.41. The number of H-pyrrole nitrogens is 1. The van der Waals surface area contributed by atoms with Gasteiger partial charge in [0.05, 0.1) is 12.6 Å². The zero-order chi connectivity index (χ0) is 21.3. The first kappa shape index (κ1) is 20.4. The van der Waals surface area contributed by atoms with Crippen molar-refractivity contribution in [1.82, 2.24) is 19.4 Å². The maximum absolute atomic E-state index is 12.4. The Morgan fingerprint density at radius 3 is 2.76 bits per heavy atom. The summed E-state index contributed by atoms with van der Waals surface area (Å²) in [6, 6.07) is -1.71. The third-order valence-corrected chi connectivity index (χ3v) is 5.06. The van der Waals surface area contributed by atoms with Crippen LogP contribution in [0.5, 0.6) is 0 Å². The Kier molecular flexibility index (Phi) is 5.62. The summed E-state index contributed by atoms with van der Waals surface area (Å²) in [4.78, 5) is 55.5. The van der Waals surface area contributed by atoms with Crippen molar-refractivity contribution in [1.29, 1.82) is 0 Å². The smallest absolute Gasteiger partial charge is 0.330 e. The number of aryl methyl sites for hydroxylation is 1. The molecule has 29 heavy (non-hydrogen) atoms. The van der Waals surface area contributed by atoms with Crippen LogP contribution in [0.3, 0.4) is 0 Å². The van der Waals surface area contributed by atoms with E-state index in [9.17, 15) is 19.2 Å². The molecule has 0 saturated carbocycles. The molecule has 1 aromatic rings. The summed E-state index contributed by atoms with van der Waals surface area (Å²) in [6.45, 7) is 1.54. The summed E-state index contributed by atoms with van der Waals surface area (Å²) in [5.41, 5.74) is 7.98. The Morgan fingerprint density at radius 2 is 2.14 bits per heavy atom. The van der Waals surface area contributed by atoms with E-state index in [0.717, 1.165) is 0 Å². The minimum Gasteiger partial charge on any atom is -0.461 e. The van der Waals surface area contributed by atoms with E-state index in [2.05, 4.69) is 15.0 Å². The highest BCUT2D eigenvalue weighted by atomic mass is 16.6. The average molecular weight is 407 g/mol. The Labute approximate surface area is 164 Å².